The summed E-state index contributed by atoms with van der Waals surface area (Å²) in [7, 11) is 0. The van der Waals surface area contributed by atoms with Crippen LogP contribution in [0, 0.1) is 0 Å². The molecule has 0 bridgehead atoms. The van der Waals surface area contributed by atoms with Crippen LogP contribution in [-0.4, -0.2) is 37.2 Å². The van der Waals surface area contributed by atoms with Gasteiger partial charge in [-0.05, 0) is 103 Å². The minimum absolute atomic E-state index is 0.0983. The van der Waals surface area contributed by atoms with Gasteiger partial charge < -0.3 is 14.2 Å². The van der Waals surface area contributed by atoms with Gasteiger partial charge in [0.05, 0.1) is 0 Å². The third kappa shape index (κ3) is 53.0. The minimum atomic E-state index is -0.803. The minimum Gasteiger partial charge on any atom is -0.462 e. The van der Waals surface area contributed by atoms with Crippen molar-refractivity contribution in [3.63, 3.8) is 0 Å². The highest BCUT2D eigenvalue weighted by molar-refractivity contribution is 5.71. The lowest BCUT2D eigenvalue weighted by Gasteiger charge is -2.18. The smallest absolute Gasteiger partial charge is 0.306 e. The molecule has 0 aromatic carbocycles. The number of unbranched alkanes of at least 4 members (excludes halogenated alkanes) is 23. The van der Waals surface area contributed by atoms with Crippen LogP contribution in [0.2, 0.25) is 0 Å². The molecule has 0 aromatic heterocycles. The molecule has 1 atom stereocenters. The maximum atomic E-state index is 12.8. The van der Waals surface area contributed by atoms with E-state index in [1.165, 1.54) is 103 Å². The zero-order chi connectivity index (χ0) is 49.3. The maximum Gasteiger partial charge on any atom is 0.306 e. The quantitative estimate of drug-likeness (QED) is 0.0199. The molecule has 0 aliphatic rings. The summed E-state index contributed by atoms with van der Waals surface area (Å²) in [5.41, 5.74) is 0. The molecular weight excluding hydrogens is 841 g/mol. The van der Waals surface area contributed by atoms with Gasteiger partial charge in [0.1, 0.15) is 13.2 Å². The van der Waals surface area contributed by atoms with Crippen molar-refractivity contribution < 1.29 is 28.6 Å². The monoisotopic (exact) mass is 943 g/mol. The summed E-state index contributed by atoms with van der Waals surface area (Å²) in [4.78, 5) is 38.1. The fourth-order valence-corrected chi connectivity index (χ4v) is 7.42. The lowest BCUT2D eigenvalue weighted by molar-refractivity contribution is -0.167. The highest BCUT2D eigenvalue weighted by atomic mass is 16.6. The molecule has 0 saturated carbocycles. The van der Waals surface area contributed by atoms with Crippen LogP contribution in [-0.2, 0) is 28.6 Å². The Balaban J connectivity index is 4.45. The molecule has 1 unspecified atom stereocenters. The molecule has 0 radical (unpaired) electrons. The lowest BCUT2D eigenvalue weighted by Crippen LogP contribution is -2.30. The van der Waals surface area contributed by atoms with Gasteiger partial charge in [-0.1, -0.05) is 233 Å². The maximum absolute atomic E-state index is 12.8. The highest BCUT2D eigenvalue weighted by Crippen LogP contribution is 2.15. The van der Waals surface area contributed by atoms with Gasteiger partial charge in [0.2, 0.25) is 0 Å². The molecule has 386 valence electrons. The van der Waals surface area contributed by atoms with E-state index in [1.807, 2.05) is 0 Å². The van der Waals surface area contributed by atoms with E-state index in [0.29, 0.717) is 12.8 Å². The van der Waals surface area contributed by atoms with E-state index in [-0.39, 0.29) is 37.5 Å². The number of esters is 3. The second-order valence-electron chi connectivity index (χ2n) is 18.2. The third-order valence-electron chi connectivity index (χ3n) is 11.6. The largest absolute Gasteiger partial charge is 0.462 e. The number of carbonyl (C=O) groups excluding carboxylic acids is 3. The molecule has 0 saturated heterocycles. The van der Waals surface area contributed by atoms with Crippen LogP contribution in [0.3, 0.4) is 0 Å². The van der Waals surface area contributed by atoms with E-state index in [4.69, 9.17) is 14.2 Å². The molecule has 0 amide bonds. The Morgan fingerprint density at radius 3 is 1.09 bits per heavy atom. The average Bonchev–Trinajstić information content (AvgIpc) is 3.34. The Morgan fingerprint density at radius 2 is 0.647 bits per heavy atom. The van der Waals surface area contributed by atoms with Crippen LogP contribution in [0.5, 0.6) is 0 Å². The van der Waals surface area contributed by atoms with Crippen LogP contribution in [0.25, 0.3) is 0 Å². The summed E-state index contributed by atoms with van der Waals surface area (Å²) in [5, 5.41) is 0. The third-order valence-corrected chi connectivity index (χ3v) is 11.6. The molecule has 0 rings (SSSR count). The standard InChI is InChI=1S/C62H102O6/c1-4-7-10-13-16-19-22-25-28-30-31-32-35-37-40-43-46-49-52-55-61(64)67-58-59(57-66-60(63)54-51-48-45-42-39-36-33-27-24-21-18-15-12-9-6-3)68-62(65)56-53-50-47-44-41-38-34-29-26-23-20-17-14-11-8-5-2/h8-9,11-12,15-22,24-26,29,38,41,59H,4-7,10,13-14,23,27-28,30-37,39-40,42-58H2,1-3H3/b11-8-,12-9-,18-15-,19-16-,20-17-,24-21-,25-22-,29-26-,41-38-. The van der Waals surface area contributed by atoms with Crippen molar-refractivity contribution >= 4 is 17.9 Å². The first-order valence-electron chi connectivity index (χ1n) is 27.9. The van der Waals surface area contributed by atoms with Crippen molar-refractivity contribution in [3.8, 4) is 0 Å². The molecule has 0 heterocycles. The van der Waals surface area contributed by atoms with Crippen LogP contribution >= 0.6 is 0 Å². The molecule has 0 aromatic rings. The molecule has 0 spiro atoms. The zero-order valence-corrected chi connectivity index (χ0v) is 44.1. The van der Waals surface area contributed by atoms with E-state index < -0.39 is 6.10 Å². The second kappa shape index (κ2) is 55.7. The van der Waals surface area contributed by atoms with Crippen LogP contribution in [0.1, 0.15) is 245 Å². The van der Waals surface area contributed by atoms with Crippen molar-refractivity contribution in [1.29, 1.82) is 0 Å². The summed E-state index contributed by atoms with van der Waals surface area (Å²) >= 11 is 0. The molecule has 68 heavy (non-hydrogen) atoms. The molecule has 6 nitrogen and oxygen atoms in total. The summed E-state index contributed by atoms with van der Waals surface area (Å²) in [5.74, 6) is -0.946. The fraction of sp³-hybridized carbons (Fsp3) is 0.661. The number of rotatable bonds is 49. The van der Waals surface area contributed by atoms with E-state index in [0.717, 1.165) is 103 Å². The number of allylic oxidation sites excluding steroid dienone is 18. The normalized spacial score (nSPS) is 12.9. The average molecular weight is 943 g/mol. The summed E-state index contributed by atoms with van der Waals surface area (Å²) in [6.45, 7) is 6.33. The molecule has 0 N–H and O–H groups in total. The van der Waals surface area contributed by atoms with Crippen LogP contribution in [0.15, 0.2) is 109 Å². The molecule has 0 aliphatic heterocycles. The highest BCUT2D eigenvalue weighted by Gasteiger charge is 2.19. The predicted molar refractivity (Wildman–Crippen MR) is 293 cm³/mol. The molecule has 6 heteroatoms. The number of carbonyl (C=O) groups is 3. The fourth-order valence-electron chi connectivity index (χ4n) is 7.42. The van der Waals surface area contributed by atoms with E-state index >= 15 is 0 Å². The van der Waals surface area contributed by atoms with Gasteiger partial charge in [-0.3, -0.25) is 14.4 Å². The van der Waals surface area contributed by atoms with Gasteiger partial charge in [0.15, 0.2) is 6.10 Å². The van der Waals surface area contributed by atoms with Crippen molar-refractivity contribution in [1.82, 2.24) is 0 Å². The molecule has 0 fully saturated rings. The van der Waals surface area contributed by atoms with Gasteiger partial charge >= 0.3 is 17.9 Å². The van der Waals surface area contributed by atoms with Gasteiger partial charge in [-0.25, -0.2) is 0 Å². The summed E-state index contributed by atoms with van der Waals surface area (Å²) in [6, 6.07) is 0. The summed E-state index contributed by atoms with van der Waals surface area (Å²) < 4.78 is 16.8. The Hall–Kier alpha value is -3.93. The van der Waals surface area contributed by atoms with Crippen molar-refractivity contribution in [2.75, 3.05) is 13.2 Å². The second-order valence-corrected chi connectivity index (χ2v) is 18.2. The first-order chi connectivity index (χ1) is 33.5. The van der Waals surface area contributed by atoms with E-state index in [9.17, 15) is 14.4 Å². The first kappa shape index (κ1) is 64.1. The van der Waals surface area contributed by atoms with Crippen molar-refractivity contribution in [3.05, 3.63) is 109 Å². The predicted octanol–water partition coefficient (Wildman–Crippen LogP) is 18.7. The topological polar surface area (TPSA) is 78.9 Å². The lowest BCUT2D eigenvalue weighted by atomic mass is 10.1. The SMILES string of the molecule is CC\C=C/C=C\C=C/CCCCCCCCCC(=O)OCC(COC(=O)CCCCCCCCCCCC/C=C\C=C/CCCCC)OC(=O)CCCCC/C=C\C/C=C\C/C=C\C/C=C\CC. The molecular formula is C62H102O6. The van der Waals surface area contributed by atoms with Gasteiger partial charge in [-0.2, -0.15) is 0 Å². The Kier molecular flexibility index (Phi) is 52.4. The number of ether oxygens (including phenoxy) is 3. The van der Waals surface area contributed by atoms with Gasteiger partial charge in [0.25, 0.3) is 0 Å². The van der Waals surface area contributed by atoms with E-state index in [2.05, 4.69) is 130 Å². The summed E-state index contributed by atoms with van der Waals surface area (Å²) in [6.07, 6.45) is 75.0. The van der Waals surface area contributed by atoms with Gasteiger partial charge in [-0.15, -0.1) is 0 Å². The van der Waals surface area contributed by atoms with E-state index in [1.54, 1.807) is 0 Å². The zero-order valence-electron chi connectivity index (χ0n) is 44.1. The number of hydrogen-bond donors (Lipinski definition) is 0. The first-order valence-corrected chi connectivity index (χ1v) is 27.9. The van der Waals surface area contributed by atoms with Crippen molar-refractivity contribution in [2.45, 2.75) is 252 Å². The van der Waals surface area contributed by atoms with Gasteiger partial charge in [0, 0.05) is 19.3 Å². The van der Waals surface area contributed by atoms with Crippen molar-refractivity contribution in [2.24, 2.45) is 0 Å². The van der Waals surface area contributed by atoms with Crippen LogP contribution in [0.4, 0.5) is 0 Å². The Labute approximate surface area is 419 Å². The number of hydrogen-bond acceptors (Lipinski definition) is 6. The Bertz CT molecular complexity index is 1410. The van der Waals surface area contributed by atoms with Crippen LogP contribution < -0.4 is 0 Å². The molecule has 0 aliphatic carbocycles. The Morgan fingerprint density at radius 1 is 0.324 bits per heavy atom.